The van der Waals surface area contributed by atoms with Crippen LogP contribution in [0.25, 0.3) is 6.08 Å². The summed E-state index contributed by atoms with van der Waals surface area (Å²) in [5, 5.41) is 0. The van der Waals surface area contributed by atoms with Crippen LogP contribution < -0.4 is 4.74 Å². The van der Waals surface area contributed by atoms with Gasteiger partial charge in [0.1, 0.15) is 17.9 Å². The molecule has 130 valence electrons. The fraction of sp³-hybridized carbons (Fsp3) is 0.238. The Labute approximate surface area is 148 Å². The molecule has 0 aliphatic heterocycles. The molecule has 4 heteroatoms. The maximum absolute atomic E-state index is 12.0. The van der Waals surface area contributed by atoms with Crippen molar-refractivity contribution in [2.45, 2.75) is 33.5 Å². The number of ether oxygens (including phenoxy) is 2. The molecule has 0 aliphatic rings. The lowest BCUT2D eigenvalue weighted by atomic mass is 10.1. The topological polar surface area (TPSA) is 52.6 Å². The maximum Gasteiger partial charge on any atom is 0.342 e. The van der Waals surface area contributed by atoms with Crippen LogP contribution in [0, 0.1) is 0 Å². The van der Waals surface area contributed by atoms with E-state index in [1.165, 1.54) is 13.0 Å². The molecule has 0 radical (unpaired) electrons. The molecule has 4 nitrogen and oxygen atoms in total. The van der Waals surface area contributed by atoms with E-state index in [9.17, 15) is 9.59 Å². The van der Waals surface area contributed by atoms with E-state index >= 15 is 0 Å². The van der Waals surface area contributed by atoms with Crippen LogP contribution in [-0.2, 0) is 20.9 Å². The summed E-state index contributed by atoms with van der Waals surface area (Å²) in [5.41, 5.74) is 1.85. The first kappa shape index (κ1) is 18.5. The van der Waals surface area contributed by atoms with Crippen molar-refractivity contribution in [1.82, 2.24) is 0 Å². The minimum absolute atomic E-state index is 0.0339. The minimum Gasteiger partial charge on any atom is -0.489 e. The number of ketones is 1. The number of benzene rings is 2. The largest absolute Gasteiger partial charge is 0.489 e. The summed E-state index contributed by atoms with van der Waals surface area (Å²) in [4.78, 5) is 23.7. The highest BCUT2D eigenvalue weighted by Gasteiger charge is 2.17. The predicted molar refractivity (Wildman–Crippen MR) is 97.1 cm³/mol. The molecule has 0 amide bonds. The molecule has 25 heavy (non-hydrogen) atoms. The Kier molecular flexibility index (Phi) is 6.52. The zero-order valence-electron chi connectivity index (χ0n) is 14.7. The Morgan fingerprint density at radius 3 is 2.20 bits per heavy atom. The highest BCUT2D eigenvalue weighted by atomic mass is 16.5. The summed E-state index contributed by atoms with van der Waals surface area (Å²) >= 11 is 0. The number of esters is 1. The van der Waals surface area contributed by atoms with Crippen LogP contribution in [0.2, 0.25) is 0 Å². The fourth-order valence-corrected chi connectivity index (χ4v) is 2.15. The maximum atomic E-state index is 12.0. The molecule has 0 spiro atoms. The van der Waals surface area contributed by atoms with Crippen molar-refractivity contribution in [3.8, 4) is 5.75 Å². The molecule has 0 unspecified atom stereocenters. The van der Waals surface area contributed by atoms with Crippen molar-refractivity contribution in [1.29, 1.82) is 0 Å². The Balaban J connectivity index is 2.06. The number of Topliss-reactive ketones (excluding diaryl/α,β-unsaturated/α-hetero) is 1. The molecular weight excluding hydrogens is 316 g/mol. The summed E-state index contributed by atoms with van der Waals surface area (Å²) in [6.07, 6.45) is 1.26. The summed E-state index contributed by atoms with van der Waals surface area (Å²) < 4.78 is 10.8. The smallest absolute Gasteiger partial charge is 0.342 e. The van der Waals surface area contributed by atoms with E-state index in [0.717, 1.165) is 16.9 Å². The van der Waals surface area contributed by atoms with E-state index in [0.29, 0.717) is 6.61 Å². The molecule has 0 heterocycles. The van der Waals surface area contributed by atoms with Crippen molar-refractivity contribution in [3.63, 3.8) is 0 Å². The van der Waals surface area contributed by atoms with Crippen LogP contribution in [0.4, 0.5) is 0 Å². The number of hydrogen-bond donors (Lipinski definition) is 0. The molecule has 0 saturated heterocycles. The van der Waals surface area contributed by atoms with Crippen molar-refractivity contribution >= 4 is 17.8 Å². The number of hydrogen-bond acceptors (Lipinski definition) is 4. The zero-order chi connectivity index (χ0) is 18.2. The molecule has 2 rings (SSSR count). The standard InChI is InChI=1S/C21H22O4/c1-15(2)25-21(23)20(16(3)22)13-17-9-11-19(12-10-17)24-14-18-7-5-4-6-8-18/h4-13,15H,14H2,1-3H3/b20-13-. The van der Waals surface area contributed by atoms with Crippen molar-refractivity contribution in [2.24, 2.45) is 0 Å². The van der Waals surface area contributed by atoms with Gasteiger partial charge in [-0.25, -0.2) is 4.79 Å². The first-order valence-corrected chi connectivity index (χ1v) is 8.16. The molecule has 0 aliphatic carbocycles. The van der Waals surface area contributed by atoms with Gasteiger partial charge in [-0.1, -0.05) is 42.5 Å². The number of carbonyl (C=O) groups is 2. The second-order valence-electron chi connectivity index (χ2n) is 5.91. The number of rotatable bonds is 7. The lowest BCUT2D eigenvalue weighted by molar-refractivity contribution is -0.143. The van der Waals surface area contributed by atoms with Gasteiger partial charge in [-0.05, 0) is 50.1 Å². The fourth-order valence-electron chi connectivity index (χ4n) is 2.15. The first-order valence-electron chi connectivity index (χ1n) is 8.16. The van der Waals surface area contributed by atoms with Gasteiger partial charge in [0, 0.05) is 0 Å². The molecule has 2 aromatic rings. The molecular formula is C21H22O4. The highest BCUT2D eigenvalue weighted by Crippen LogP contribution is 2.17. The monoisotopic (exact) mass is 338 g/mol. The summed E-state index contributed by atoms with van der Waals surface area (Å²) in [6, 6.07) is 17.1. The summed E-state index contributed by atoms with van der Waals surface area (Å²) in [5.74, 6) is -0.211. The third-order valence-electron chi connectivity index (χ3n) is 3.38. The molecule has 0 saturated carbocycles. The average Bonchev–Trinajstić information content (AvgIpc) is 2.58. The van der Waals surface area contributed by atoms with Gasteiger partial charge in [0.25, 0.3) is 0 Å². The van der Waals surface area contributed by atoms with Crippen LogP contribution in [-0.4, -0.2) is 17.9 Å². The predicted octanol–water partition coefficient (Wildman–Crippen LogP) is 4.19. The van der Waals surface area contributed by atoms with Crippen molar-refractivity contribution in [3.05, 3.63) is 71.3 Å². The SMILES string of the molecule is CC(=O)/C(=C/c1ccc(OCc2ccccc2)cc1)C(=O)OC(C)C. The van der Waals surface area contributed by atoms with E-state index in [1.807, 2.05) is 30.3 Å². The third kappa shape index (κ3) is 5.92. The molecule has 0 aromatic heterocycles. The number of carbonyl (C=O) groups excluding carboxylic acids is 2. The van der Waals surface area contributed by atoms with E-state index in [2.05, 4.69) is 0 Å². The van der Waals surface area contributed by atoms with Gasteiger partial charge < -0.3 is 9.47 Å². The quantitative estimate of drug-likeness (QED) is 0.329. The van der Waals surface area contributed by atoms with E-state index in [-0.39, 0.29) is 17.5 Å². The van der Waals surface area contributed by atoms with Gasteiger partial charge >= 0.3 is 5.97 Å². The zero-order valence-corrected chi connectivity index (χ0v) is 14.7. The molecule has 2 aromatic carbocycles. The highest BCUT2D eigenvalue weighted by molar-refractivity contribution is 6.19. The van der Waals surface area contributed by atoms with Gasteiger partial charge in [0.2, 0.25) is 0 Å². The van der Waals surface area contributed by atoms with Crippen LogP contribution in [0.3, 0.4) is 0 Å². The molecule has 0 fully saturated rings. The van der Waals surface area contributed by atoms with E-state index < -0.39 is 5.97 Å². The van der Waals surface area contributed by atoms with Crippen LogP contribution >= 0.6 is 0 Å². The Morgan fingerprint density at radius 1 is 1.00 bits per heavy atom. The van der Waals surface area contributed by atoms with Gasteiger partial charge in [-0.15, -0.1) is 0 Å². The second kappa shape index (κ2) is 8.83. The lowest BCUT2D eigenvalue weighted by Gasteiger charge is -2.09. The molecule has 0 N–H and O–H groups in total. The normalized spacial score (nSPS) is 11.3. The Morgan fingerprint density at radius 2 is 1.64 bits per heavy atom. The van der Waals surface area contributed by atoms with Crippen LogP contribution in [0.1, 0.15) is 31.9 Å². The minimum atomic E-state index is -0.605. The van der Waals surface area contributed by atoms with Gasteiger partial charge in [-0.3, -0.25) is 4.79 Å². The van der Waals surface area contributed by atoms with Gasteiger partial charge in [-0.2, -0.15) is 0 Å². The lowest BCUT2D eigenvalue weighted by Crippen LogP contribution is -2.17. The molecule has 0 bridgehead atoms. The van der Waals surface area contributed by atoms with Gasteiger partial charge in [0.05, 0.1) is 6.10 Å². The molecule has 0 atom stereocenters. The second-order valence-corrected chi connectivity index (χ2v) is 5.91. The van der Waals surface area contributed by atoms with E-state index in [4.69, 9.17) is 9.47 Å². The summed E-state index contributed by atoms with van der Waals surface area (Å²) in [7, 11) is 0. The summed E-state index contributed by atoms with van der Waals surface area (Å²) in [6.45, 7) is 5.32. The van der Waals surface area contributed by atoms with Crippen molar-refractivity contribution < 1.29 is 19.1 Å². The van der Waals surface area contributed by atoms with E-state index in [1.54, 1.807) is 38.1 Å². The first-order chi connectivity index (χ1) is 12.0. The van der Waals surface area contributed by atoms with Crippen molar-refractivity contribution in [2.75, 3.05) is 0 Å². The van der Waals surface area contributed by atoms with Crippen LogP contribution in [0.15, 0.2) is 60.2 Å². The average molecular weight is 338 g/mol. The van der Waals surface area contributed by atoms with Crippen LogP contribution in [0.5, 0.6) is 5.75 Å². The van der Waals surface area contributed by atoms with Gasteiger partial charge in [0.15, 0.2) is 5.78 Å². The third-order valence-corrected chi connectivity index (χ3v) is 3.38. The Hall–Kier alpha value is -2.88. The Bertz CT molecular complexity index is 743.